The fourth-order valence-corrected chi connectivity index (χ4v) is 3.82. The molecule has 24 heavy (non-hydrogen) atoms. The van der Waals surface area contributed by atoms with Crippen LogP contribution in [0.5, 0.6) is 11.5 Å². The molecule has 132 valence electrons. The first kappa shape index (κ1) is 17.4. The summed E-state index contributed by atoms with van der Waals surface area (Å²) in [5, 5.41) is 0.523. The standard InChI is InChI=1S/C19H26ClNO3/c1-21(15-7-4-2-3-5-8-15)18(22)13-14-11-16(20)19-17(12-14)23-9-6-10-24-19/h11-12,15H,2-10,13H2,1H3. The van der Waals surface area contributed by atoms with Crippen molar-refractivity contribution in [3.63, 3.8) is 0 Å². The van der Waals surface area contributed by atoms with Crippen LogP contribution in [0.25, 0.3) is 0 Å². The number of nitrogens with zero attached hydrogens (tertiary/aromatic N) is 1. The predicted octanol–water partition coefficient (Wildman–Crippen LogP) is 4.23. The fraction of sp³-hybridized carbons (Fsp3) is 0.632. The molecule has 0 spiro atoms. The SMILES string of the molecule is CN(C(=O)Cc1cc(Cl)c2c(c1)OCCCO2)C1CCCCCC1. The molecule has 0 atom stereocenters. The highest BCUT2D eigenvalue weighted by Crippen LogP contribution is 2.38. The van der Waals surface area contributed by atoms with Gasteiger partial charge in [0.05, 0.1) is 24.7 Å². The van der Waals surface area contributed by atoms with Crippen LogP contribution >= 0.6 is 11.6 Å². The Morgan fingerprint density at radius 2 is 1.83 bits per heavy atom. The smallest absolute Gasteiger partial charge is 0.226 e. The van der Waals surface area contributed by atoms with E-state index >= 15 is 0 Å². The van der Waals surface area contributed by atoms with E-state index in [4.69, 9.17) is 21.1 Å². The Labute approximate surface area is 149 Å². The third-order valence-electron chi connectivity index (χ3n) is 4.98. The quantitative estimate of drug-likeness (QED) is 0.765. The summed E-state index contributed by atoms with van der Waals surface area (Å²) in [7, 11) is 1.93. The number of hydrogen-bond donors (Lipinski definition) is 0. The molecule has 0 unspecified atom stereocenters. The summed E-state index contributed by atoms with van der Waals surface area (Å²) in [4.78, 5) is 14.6. The van der Waals surface area contributed by atoms with Crippen molar-refractivity contribution in [2.45, 2.75) is 57.4 Å². The zero-order valence-corrected chi connectivity index (χ0v) is 15.1. The van der Waals surface area contributed by atoms with Crippen LogP contribution in [-0.4, -0.2) is 37.1 Å². The second-order valence-electron chi connectivity index (χ2n) is 6.78. The largest absolute Gasteiger partial charge is 0.489 e. The summed E-state index contributed by atoms with van der Waals surface area (Å²) in [5.74, 6) is 1.40. The van der Waals surface area contributed by atoms with E-state index in [1.807, 2.05) is 24.1 Å². The van der Waals surface area contributed by atoms with Gasteiger partial charge in [0.2, 0.25) is 5.91 Å². The highest BCUT2D eigenvalue weighted by Gasteiger charge is 2.22. The molecule has 1 saturated carbocycles. The molecule has 1 fully saturated rings. The van der Waals surface area contributed by atoms with Crippen LogP contribution in [0.2, 0.25) is 5.02 Å². The van der Waals surface area contributed by atoms with E-state index in [0.29, 0.717) is 42.2 Å². The monoisotopic (exact) mass is 351 g/mol. The van der Waals surface area contributed by atoms with E-state index in [1.165, 1.54) is 25.7 Å². The van der Waals surface area contributed by atoms with Crippen LogP contribution < -0.4 is 9.47 Å². The van der Waals surface area contributed by atoms with E-state index in [-0.39, 0.29) is 5.91 Å². The summed E-state index contributed by atoms with van der Waals surface area (Å²) >= 11 is 6.32. The number of fused-ring (bicyclic) bond motifs is 1. The van der Waals surface area contributed by atoms with E-state index in [0.717, 1.165) is 24.8 Å². The van der Waals surface area contributed by atoms with Gasteiger partial charge in [-0.1, -0.05) is 37.3 Å². The Hall–Kier alpha value is -1.42. The first-order valence-electron chi connectivity index (χ1n) is 8.99. The average Bonchev–Trinajstić information content (AvgIpc) is 2.97. The van der Waals surface area contributed by atoms with Gasteiger partial charge in [0.1, 0.15) is 0 Å². The molecule has 0 radical (unpaired) electrons. The van der Waals surface area contributed by atoms with Crippen LogP contribution in [0.1, 0.15) is 50.5 Å². The van der Waals surface area contributed by atoms with Crippen molar-refractivity contribution in [2.24, 2.45) is 0 Å². The van der Waals surface area contributed by atoms with Gasteiger partial charge >= 0.3 is 0 Å². The van der Waals surface area contributed by atoms with Gasteiger partial charge in [-0.15, -0.1) is 0 Å². The Kier molecular flexibility index (Phi) is 5.88. The Balaban J connectivity index is 1.69. The number of benzene rings is 1. The van der Waals surface area contributed by atoms with Crippen molar-refractivity contribution in [3.05, 3.63) is 22.7 Å². The molecule has 3 rings (SSSR count). The third-order valence-corrected chi connectivity index (χ3v) is 5.26. The maximum absolute atomic E-state index is 12.7. The van der Waals surface area contributed by atoms with E-state index in [1.54, 1.807) is 0 Å². The lowest BCUT2D eigenvalue weighted by atomic mass is 10.1. The highest BCUT2D eigenvalue weighted by molar-refractivity contribution is 6.32. The first-order chi connectivity index (χ1) is 11.6. The maximum Gasteiger partial charge on any atom is 0.226 e. The van der Waals surface area contributed by atoms with Gasteiger partial charge in [-0.25, -0.2) is 0 Å². The number of carbonyl (C=O) groups excluding carboxylic acids is 1. The highest BCUT2D eigenvalue weighted by atomic mass is 35.5. The number of carbonyl (C=O) groups is 1. The van der Waals surface area contributed by atoms with Gasteiger partial charge in [0.25, 0.3) is 0 Å². The predicted molar refractivity (Wildman–Crippen MR) is 95.0 cm³/mol. The number of rotatable bonds is 3. The second-order valence-corrected chi connectivity index (χ2v) is 7.19. The minimum atomic E-state index is 0.146. The molecule has 0 bridgehead atoms. The fourth-order valence-electron chi connectivity index (χ4n) is 3.53. The number of amides is 1. The van der Waals surface area contributed by atoms with Crippen LogP contribution in [0, 0.1) is 0 Å². The molecule has 0 aromatic heterocycles. The van der Waals surface area contributed by atoms with E-state index in [2.05, 4.69) is 0 Å². The Bertz CT molecular complexity index is 582. The van der Waals surface area contributed by atoms with Crippen LogP contribution in [0.4, 0.5) is 0 Å². The molecule has 2 aliphatic rings. The van der Waals surface area contributed by atoms with Crippen molar-refractivity contribution in [3.8, 4) is 11.5 Å². The van der Waals surface area contributed by atoms with Gasteiger partial charge in [0.15, 0.2) is 11.5 Å². The average molecular weight is 352 g/mol. The zero-order valence-electron chi connectivity index (χ0n) is 14.4. The van der Waals surface area contributed by atoms with Crippen LogP contribution in [0.15, 0.2) is 12.1 Å². The van der Waals surface area contributed by atoms with Gasteiger partial charge in [0, 0.05) is 19.5 Å². The zero-order chi connectivity index (χ0) is 16.9. The summed E-state index contributed by atoms with van der Waals surface area (Å²) in [6.45, 7) is 1.22. The summed E-state index contributed by atoms with van der Waals surface area (Å²) in [6, 6.07) is 4.09. The Morgan fingerprint density at radius 1 is 1.12 bits per heavy atom. The van der Waals surface area contributed by atoms with Gasteiger partial charge in [-0.05, 0) is 30.5 Å². The molecule has 1 heterocycles. The lowest BCUT2D eigenvalue weighted by Gasteiger charge is -2.27. The molecular formula is C19H26ClNO3. The minimum Gasteiger partial charge on any atom is -0.489 e. The Morgan fingerprint density at radius 3 is 2.58 bits per heavy atom. The molecule has 0 saturated heterocycles. The number of halogens is 1. The minimum absolute atomic E-state index is 0.146. The third kappa shape index (κ3) is 4.15. The molecule has 1 aliphatic carbocycles. The lowest BCUT2D eigenvalue weighted by Crippen LogP contribution is -2.37. The molecule has 1 aromatic rings. The van der Waals surface area contributed by atoms with Crippen molar-refractivity contribution in [2.75, 3.05) is 20.3 Å². The molecule has 5 heteroatoms. The maximum atomic E-state index is 12.7. The molecule has 1 aliphatic heterocycles. The van der Waals surface area contributed by atoms with Crippen LogP contribution in [0.3, 0.4) is 0 Å². The van der Waals surface area contributed by atoms with Crippen molar-refractivity contribution in [1.82, 2.24) is 4.90 Å². The van der Waals surface area contributed by atoms with Crippen LogP contribution in [-0.2, 0) is 11.2 Å². The van der Waals surface area contributed by atoms with E-state index in [9.17, 15) is 4.79 Å². The summed E-state index contributed by atoms with van der Waals surface area (Å²) < 4.78 is 11.4. The van der Waals surface area contributed by atoms with E-state index < -0.39 is 0 Å². The molecule has 1 aromatic carbocycles. The second kappa shape index (κ2) is 8.11. The molecular weight excluding hydrogens is 326 g/mol. The van der Waals surface area contributed by atoms with Gasteiger partial charge in [-0.2, -0.15) is 0 Å². The topological polar surface area (TPSA) is 38.8 Å². The van der Waals surface area contributed by atoms with Crippen molar-refractivity contribution >= 4 is 17.5 Å². The number of hydrogen-bond acceptors (Lipinski definition) is 3. The first-order valence-corrected chi connectivity index (χ1v) is 9.36. The van der Waals surface area contributed by atoms with Crippen molar-refractivity contribution < 1.29 is 14.3 Å². The lowest BCUT2D eigenvalue weighted by molar-refractivity contribution is -0.131. The molecule has 1 amide bonds. The van der Waals surface area contributed by atoms with Gasteiger partial charge < -0.3 is 14.4 Å². The molecule has 0 N–H and O–H groups in total. The summed E-state index contributed by atoms with van der Waals surface area (Å²) in [6.07, 6.45) is 8.43. The van der Waals surface area contributed by atoms with Crippen molar-refractivity contribution in [1.29, 1.82) is 0 Å². The number of ether oxygens (including phenoxy) is 2. The summed E-state index contributed by atoms with van der Waals surface area (Å²) in [5.41, 5.74) is 0.884. The normalized spacial score (nSPS) is 18.6. The molecule has 4 nitrogen and oxygen atoms in total. The van der Waals surface area contributed by atoms with Gasteiger partial charge in [-0.3, -0.25) is 4.79 Å². The number of likely N-dealkylation sites (N-methyl/N-ethyl adjacent to an activating group) is 1.